The van der Waals surface area contributed by atoms with Gasteiger partial charge in [-0.15, -0.1) is 0 Å². The fourth-order valence-corrected chi connectivity index (χ4v) is 3.12. The van der Waals surface area contributed by atoms with Crippen LogP contribution in [0.15, 0.2) is 53.3 Å². The number of amides is 1. The molecule has 5 nitrogen and oxygen atoms in total. The Hall–Kier alpha value is -2.92. The summed E-state index contributed by atoms with van der Waals surface area (Å²) in [6.07, 6.45) is 0. The molecule has 0 bridgehead atoms. The molecule has 0 aliphatic carbocycles. The van der Waals surface area contributed by atoms with Crippen LogP contribution in [0.3, 0.4) is 0 Å². The van der Waals surface area contributed by atoms with E-state index in [1.54, 1.807) is 31.2 Å². The Morgan fingerprint density at radius 2 is 1.86 bits per heavy atom. The van der Waals surface area contributed by atoms with Crippen molar-refractivity contribution in [3.63, 3.8) is 0 Å². The average molecular weight is 396 g/mol. The fourth-order valence-electron chi connectivity index (χ4n) is 2.95. The Balaban J connectivity index is 1.94. The van der Waals surface area contributed by atoms with Crippen LogP contribution >= 0.6 is 11.6 Å². The van der Waals surface area contributed by atoms with Crippen molar-refractivity contribution in [3.05, 3.63) is 80.6 Å². The number of rotatable bonds is 4. The summed E-state index contributed by atoms with van der Waals surface area (Å²) in [7, 11) is 0. The van der Waals surface area contributed by atoms with Crippen molar-refractivity contribution in [2.45, 2.75) is 33.7 Å². The van der Waals surface area contributed by atoms with Crippen molar-refractivity contribution in [3.8, 4) is 11.3 Å². The Morgan fingerprint density at radius 3 is 2.61 bits per heavy atom. The third-order valence-corrected chi connectivity index (χ3v) is 5.18. The van der Waals surface area contributed by atoms with Gasteiger partial charge in [0.05, 0.1) is 5.69 Å². The molecule has 28 heavy (non-hydrogen) atoms. The zero-order valence-electron chi connectivity index (χ0n) is 16.3. The maximum absolute atomic E-state index is 12.7. The van der Waals surface area contributed by atoms with Crippen LogP contribution in [0, 0.1) is 20.8 Å². The fraction of sp³-hybridized carbons (Fsp3) is 0.227. The Kier molecular flexibility index (Phi) is 5.66. The van der Waals surface area contributed by atoms with Gasteiger partial charge < -0.3 is 5.32 Å². The number of aromatic nitrogens is 2. The number of hydrogen-bond donors (Lipinski definition) is 1. The molecule has 0 saturated heterocycles. The molecule has 3 aromatic rings. The topological polar surface area (TPSA) is 64.0 Å². The first-order valence-corrected chi connectivity index (χ1v) is 9.39. The molecule has 144 valence electrons. The highest BCUT2D eigenvalue weighted by atomic mass is 35.5. The van der Waals surface area contributed by atoms with E-state index in [-0.39, 0.29) is 11.5 Å². The van der Waals surface area contributed by atoms with E-state index in [0.717, 1.165) is 22.3 Å². The lowest BCUT2D eigenvalue weighted by molar-refractivity contribution is -0.119. The van der Waals surface area contributed by atoms with Crippen molar-refractivity contribution >= 4 is 23.2 Å². The van der Waals surface area contributed by atoms with Gasteiger partial charge in [0.2, 0.25) is 5.91 Å². The number of carbonyl (C=O) groups is 1. The SMILES string of the molecule is Cc1ccc(C)c(-c2ccc(=O)n(C(C)C(=O)Nc3cccc(Cl)c3C)n2)c1. The third kappa shape index (κ3) is 3.99. The molecule has 0 fully saturated rings. The summed E-state index contributed by atoms with van der Waals surface area (Å²) < 4.78 is 1.21. The van der Waals surface area contributed by atoms with E-state index in [9.17, 15) is 9.59 Å². The highest BCUT2D eigenvalue weighted by Crippen LogP contribution is 2.24. The molecule has 2 aromatic carbocycles. The van der Waals surface area contributed by atoms with Crippen molar-refractivity contribution < 1.29 is 4.79 Å². The van der Waals surface area contributed by atoms with E-state index in [1.165, 1.54) is 10.7 Å². The lowest BCUT2D eigenvalue weighted by atomic mass is 10.0. The highest BCUT2D eigenvalue weighted by Gasteiger charge is 2.19. The number of halogens is 1. The van der Waals surface area contributed by atoms with Crippen LogP contribution in [0.4, 0.5) is 5.69 Å². The Labute approximate surface area is 169 Å². The summed E-state index contributed by atoms with van der Waals surface area (Å²) >= 11 is 6.12. The van der Waals surface area contributed by atoms with Crippen LogP contribution in [-0.4, -0.2) is 15.7 Å². The first-order chi connectivity index (χ1) is 13.3. The number of nitrogens with one attached hydrogen (secondary N) is 1. The molecular formula is C22H22ClN3O2. The first-order valence-electron chi connectivity index (χ1n) is 9.01. The standard InChI is InChI=1S/C22H22ClN3O2/c1-13-8-9-14(2)17(12-13)20-10-11-21(27)26(25-20)16(4)22(28)24-19-7-5-6-18(23)15(19)3/h5-12,16H,1-4H3,(H,24,28). The Bertz CT molecular complexity index is 1110. The minimum absolute atomic E-state index is 0.334. The van der Waals surface area contributed by atoms with Crippen LogP contribution < -0.4 is 10.9 Å². The molecule has 1 unspecified atom stereocenters. The molecule has 0 saturated carbocycles. The highest BCUT2D eigenvalue weighted by molar-refractivity contribution is 6.31. The number of hydrogen-bond acceptors (Lipinski definition) is 3. The van der Waals surface area contributed by atoms with Gasteiger partial charge >= 0.3 is 0 Å². The van der Waals surface area contributed by atoms with Crippen LogP contribution in [0.5, 0.6) is 0 Å². The quantitative estimate of drug-likeness (QED) is 0.697. The van der Waals surface area contributed by atoms with Crippen LogP contribution in [0.2, 0.25) is 5.02 Å². The minimum Gasteiger partial charge on any atom is -0.324 e. The molecule has 0 spiro atoms. The van der Waals surface area contributed by atoms with Gasteiger partial charge in [0, 0.05) is 22.3 Å². The molecule has 1 aromatic heterocycles. The van der Waals surface area contributed by atoms with Gasteiger partial charge in [-0.2, -0.15) is 5.10 Å². The van der Waals surface area contributed by atoms with Gasteiger partial charge in [0.15, 0.2) is 0 Å². The van der Waals surface area contributed by atoms with Gasteiger partial charge in [-0.05, 0) is 63.1 Å². The summed E-state index contributed by atoms with van der Waals surface area (Å²) in [6, 6.07) is 13.7. The van der Waals surface area contributed by atoms with Gasteiger partial charge in [0.1, 0.15) is 6.04 Å². The lowest BCUT2D eigenvalue weighted by Gasteiger charge is -2.17. The smallest absolute Gasteiger partial charge is 0.267 e. The zero-order valence-corrected chi connectivity index (χ0v) is 17.0. The van der Waals surface area contributed by atoms with Crippen LogP contribution in [-0.2, 0) is 4.79 Å². The molecule has 3 rings (SSSR count). The maximum Gasteiger partial charge on any atom is 0.267 e. The molecule has 0 aliphatic rings. The number of carbonyl (C=O) groups excluding carboxylic acids is 1. The number of anilines is 1. The van der Waals surface area contributed by atoms with Gasteiger partial charge in [-0.1, -0.05) is 35.4 Å². The Morgan fingerprint density at radius 1 is 1.11 bits per heavy atom. The van der Waals surface area contributed by atoms with Crippen LogP contribution in [0.25, 0.3) is 11.3 Å². The van der Waals surface area contributed by atoms with Crippen LogP contribution in [0.1, 0.15) is 29.7 Å². The summed E-state index contributed by atoms with van der Waals surface area (Å²) in [5, 5.41) is 7.86. The molecule has 6 heteroatoms. The van der Waals surface area contributed by atoms with Crippen molar-refractivity contribution in [1.82, 2.24) is 9.78 Å². The minimum atomic E-state index is -0.782. The van der Waals surface area contributed by atoms with Gasteiger partial charge in [0.25, 0.3) is 5.56 Å². The molecule has 1 amide bonds. The largest absolute Gasteiger partial charge is 0.324 e. The predicted octanol–water partition coefficient (Wildman–Crippen LogP) is 4.69. The number of nitrogens with zero attached hydrogens (tertiary/aromatic N) is 2. The molecular weight excluding hydrogens is 374 g/mol. The van der Waals surface area contributed by atoms with Gasteiger partial charge in [-0.25, -0.2) is 4.68 Å². The van der Waals surface area contributed by atoms with Crippen molar-refractivity contribution in [2.75, 3.05) is 5.32 Å². The second-order valence-electron chi connectivity index (χ2n) is 6.90. The summed E-state index contributed by atoms with van der Waals surface area (Å²) in [5.74, 6) is -0.335. The monoisotopic (exact) mass is 395 g/mol. The molecule has 0 radical (unpaired) electrons. The van der Waals surface area contributed by atoms with Crippen molar-refractivity contribution in [1.29, 1.82) is 0 Å². The van der Waals surface area contributed by atoms with E-state index >= 15 is 0 Å². The average Bonchev–Trinajstić information content (AvgIpc) is 2.67. The zero-order chi connectivity index (χ0) is 20.4. The molecule has 0 aliphatic heterocycles. The number of benzene rings is 2. The normalized spacial score (nSPS) is 11.9. The predicted molar refractivity (Wildman–Crippen MR) is 113 cm³/mol. The number of aryl methyl sites for hydroxylation is 2. The summed E-state index contributed by atoms with van der Waals surface area (Å²) in [5.41, 5.74) is 4.79. The van der Waals surface area contributed by atoms with E-state index in [4.69, 9.17) is 11.6 Å². The second-order valence-corrected chi connectivity index (χ2v) is 7.30. The summed E-state index contributed by atoms with van der Waals surface area (Å²) in [4.78, 5) is 25.1. The molecule has 1 heterocycles. The summed E-state index contributed by atoms with van der Waals surface area (Å²) in [6.45, 7) is 7.47. The van der Waals surface area contributed by atoms with E-state index < -0.39 is 6.04 Å². The lowest BCUT2D eigenvalue weighted by Crippen LogP contribution is -2.33. The van der Waals surface area contributed by atoms with Crippen molar-refractivity contribution in [2.24, 2.45) is 0 Å². The molecule has 1 atom stereocenters. The first kappa shape index (κ1) is 19.8. The maximum atomic E-state index is 12.7. The third-order valence-electron chi connectivity index (χ3n) is 4.77. The van der Waals surface area contributed by atoms with E-state index in [1.807, 2.05) is 39.0 Å². The second kappa shape index (κ2) is 7.98. The van der Waals surface area contributed by atoms with E-state index in [2.05, 4.69) is 10.4 Å². The van der Waals surface area contributed by atoms with E-state index in [0.29, 0.717) is 16.4 Å². The molecule has 1 N–H and O–H groups in total. The van der Waals surface area contributed by atoms with Gasteiger partial charge in [-0.3, -0.25) is 9.59 Å².